The lowest BCUT2D eigenvalue weighted by atomic mass is 9.58. The second-order valence-corrected chi connectivity index (χ2v) is 5.47. The normalized spacial score (nSPS) is 24.2. The van der Waals surface area contributed by atoms with Crippen molar-refractivity contribution in [2.45, 2.75) is 52.2 Å². The lowest BCUT2D eigenvalue weighted by Gasteiger charge is -2.55. The first-order valence-electron chi connectivity index (χ1n) is 7.42. The zero-order chi connectivity index (χ0) is 14.8. The first-order valence-corrected chi connectivity index (χ1v) is 7.42. The largest absolute Gasteiger partial charge is 0.487 e. The van der Waals surface area contributed by atoms with Gasteiger partial charge in [-0.2, -0.15) is 0 Å². The van der Waals surface area contributed by atoms with Crippen LogP contribution in [0, 0.1) is 17.0 Å². The Morgan fingerprint density at radius 3 is 2.55 bits per heavy atom. The Balaban J connectivity index is 2.15. The molecule has 0 spiro atoms. The minimum absolute atomic E-state index is 0.00870. The van der Waals surface area contributed by atoms with Crippen molar-refractivity contribution in [1.29, 1.82) is 0 Å². The van der Waals surface area contributed by atoms with E-state index in [0.29, 0.717) is 6.04 Å². The minimum atomic E-state index is -0.501. The summed E-state index contributed by atoms with van der Waals surface area (Å²) in [5.74, 6) is -0.946. The Labute approximate surface area is 119 Å². The third-order valence-corrected chi connectivity index (χ3v) is 4.71. The second kappa shape index (κ2) is 6.08. The van der Waals surface area contributed by atoms with Gasteiger partial charge in [0.15, 0.2) is 11.6 Å². The molecule has 1 aromatic rings. The molecule has 1 fully saturated rings. The molecule has 1 aliphatic carbocycles. The third kappa shape index (κ3) is 2.53. The minimum Gasteiger partial charge on any atom is -0.487 e. The quantitative estimate of drug-likeness (QED) is 0.855. The van der Waals surface area contributed by atoms with Crippen molar-refractivity contribution in [3.63, 3.8) is 0 Å². The molecule has 0 radical (unpaired) electrons. The van der Waals surface area contributed by atoms with E-state index < -0.39 is 11.6 Å². The number of hydrogen-bond acceptors (Lipinski definition) is 2. The first-order chi connectivity index (χ1) is 9.57. The van der Waals surface area contributed by atoms with E-state index in [1.807, 2.05) is 0 Å². The molecule has 1 saturated carbocycles. The Kier molecular flexibility index (Phi) is 4.63. The maximum absolute atomic E-state index is 13.7. The van der Waals surface area contributed by atoms with Gasteiger partial charge in [0.25, 0.3) is 0 Å². The lowest BCUT2D eigenvalue weighted by Crippen LogP contribution is -2.64. The van der Waals surface area contributed by atoms with E-state index in [1.165, 1.54) is 0 Å². The molecule has 2 unspecified atom stereocenters. The predicted octanol–water partition coefficient (Wildman–Crippen LogP) is 3.90. The Morgan fingerprint density at radius 2 is 1.95 bits per heavy atom. The summed E-state index contributed by atoms with van der Waals surface area (Å²) in [4.78, 5) is 0. The van der Waals surface area contributed by atoms with Gasteiger partial charge in [-0.1, -0.05) is 20.8 Å². The number of ether oxygens (including phenoxy) is 1. The van der Waals surface area contributed by atoms with Gasteiger partial charge in [0.2, 0.25) is 0 Å². The van der Waals surface area contributed by atoms with Gasteiger partial charge in [-0.05, 0) is 31.5 Å². The fourth-order valence-electron chi connectivity index (χ4n) is 3.36. The van der Waals surface area contributed by atoms with Crippen LogP contribution in [0.3, 0.4) is 0 Å². The van der Waals surface area contributed by atoms with Crippen LogP contribution in [0.15, 0.2) is 18.2 Å². The van der Waals surface area contributed by atoms with Crippen molar-refractivity contribution >= 4 is 0 Å². The number of benzene rings is 1. The van der Waals surface area contributed by atoms with E-state index in [0.717, 1.165) is 44.0 Å². The molecule has 112 valence electrons. The Hall–Kier alpha value is -1.16. The maximum atomic E-state index is 13.7. The molecule has 1 aromatic carbocycles. The van der Waals surface area contributed by atoms with E-state index in [1.54, 1.807) is 0 Å². The van der Waals surface area contributed by atoms with Crippen molar-refractivity contribution < 1.29 is 13.5 Å². The van der Waals surface area contributed by atoms with Crippen LogP contribution in [0.25, 0.3) is 0 Å². The van der Waals surface area contributed by atoms with Crippen LogP contribution < -0.4 is 10.1 Å². The molecular weight excluding hydrogens is 260 g/mol. The van der Waals surface area contributed by atoms with Crippen LogP contribution in [0.4, 0.5) is 8.78 Å². The fourth-order valence-corrected chi connectivity index (χ4v) is 3.36. The highest BCUT2D eigenvalue weighted by atomic mass is 19.1. The lowest BCUT2D eigenvalue weighted by molar-refractivity contribution is -0.0869. The van der Waals surface area contributed by atoms with Gasteiger partial charge in [0.05, 0.1) is 0 Å². The Bertz CT molecular complexity index is 460. The molecule has 2 nitrogen and oxygen atoms in total. The van der Waals surface area contributed by atoms with Gasteiger partial charge in [-0.15, -0.1) is 0 Å². The molecular formula is C16H23F2NO. The fraction of sp³-hybridized carbons (Fsp3) is 0.625. The van der Waals surface area contributed by atoms with E-state index in [4.69, 9.17) is 4.74 Å². The Morgan fingerprint density at radius 1 is 1.25 bits per heavy atom. The number of hydrogen-bond donors (Lipinski definition) is 1. The third-order valence-electron chi connectivity index (χ3n) is 4.71. The molecule has 0 heterocycles. The average Bonchev–Trinajstić information content (AvgIpc) is 2.43. The molecule has 4 heteroatoms. The summed E-state index contributed by atoms with van der Waals surface area (Å²) >= 11 is 0. The van der Waals surface area contributed by atoms with Crippen molar-refractivity contribution in [1.82, 2.24) is 5.32 Å². The topological polar surface area (TPSA) is 21.3 Å². The number of nitrogens with one attached hydrogen (secondary N) is 1. The molecule has 20 heavy (non-hydrogen) atoms. The van der Waals surface area contributed by atoms with Crippen LogP contribution in [0.1, 0.15) is 40.0 Å². The summed E-state index contributed by atoms with van der Waals surface area (Å²) < 4.78 is 32.7. The van der Waals surface area contributed by atoms with Gasteiger partial charge < -0.3 is 10.1 Å². The van der Waals surface area contributed by atoms with E-state index in [-0.39, 0.29) is 17.3 Å². The molecule has 1 N–H and O–H groups in total. The standard InChI is InChI=1S/C16H23F2NO/c1-4-16(5-2)14(19-6-3)10-15(16)20-13-9-11(17)7-8-12(13)18/h7-9,14-15,19H,4-6,10H2,1-3H3. The first kappa shape index (κ1) is 15.2. The molecule has 2 atom stereocenters. The SMILES string of the molecule is CCNC1CC(Oc2cc(F)ccc2F)C1(CC)CC. The highest BCUT2D eigenvalue weighted by Crippen LogP contribution is 2.49. The van der Waals surface area contributed by atoms with Crippen LogP contribution in [0.5, 0.6) is 5.75 Å². The molecule has 0 saturated heterocycles. The van der Waals surface area contributed by atoms with Gasteiger partial charge in [0.1, 0.15) is 11.9 Å². The van der Waals surface area contributed by atoms with Crippen LogP contribution in [0.2, 0.25) is 0 Å². The van der Waals surface area contributed by atoms with Gasteiger partial charge in [-0.3, -0.25) is 0 Å². The number of halogens is 2. The molecule has 2 rings (SSSR count). The van der Waals surface area contributed by atoms with Gasteiger partial charge in [-0.25, -0.2) is 8.78 Å². The monoisotopic (exact) mass is 283 g/mol. The van der Waals surface area contributed by atoms with Crippen molar-refractivity contribution in [2.24, 2.45) is 5.41 Å². The summed E-state index contributed by atoms with van der Waals surface area (Å²) in [6, 6.07) is 3.75. The summed E-state index contributed by atoms with van der Waals surface area (Å²) in [6.45, 7) is 7.25. The summed E-state index contributed by atoms with van der Waals surface area (Å²) in [5.41, 5.74) is 0.00870. The zero-order valence-electron chi connectivity index (χ0n) is 12.4. The summed E-state index contributed by atoms with van der Waals surface area (Å²) in [6.07, 6.45) is 2.70. The van der Waals surface area contributed by atoms with E-state index in [2.05, 4.69) is 26.1 Å². The zero-order valence-corrected chi connectivity index (χ0v) is 12.4. The van der Waals surface area contributed by atoms with Gasteiger partial charge in [0, 0.05) is 23.9 Å². The molecule has 0 aliphatic heterocycles. The molecule has 0 amide bonds. The highest BCUT2D eigenvalue weighted by Gasteiger charge is 2.54. The second-order valence-electron chi connectivity index (χ2n) is 5.47. The maximum Gasteiger partial charge on any atom is 0.165 e. The van der Waals surface area contributed by atoms with Gasteiger partial charge >= 0.3 is 0 Å². The molecule has 1 aliphatic rings. The summed E-state index contributed by atoms with van der Waals surface area (Å²) in [5, 5.41) is 3.47. The van der Waals surface area contributed by atoms with Crippen molar-refractivity contribution in [3.05, 3.63) is 29.8 Å². The molecule has 0 bridgehead atoms. The highest BCUT2D eigenvalue weighted by molar-refractivity contribution is 5.26. The van der Waals surface area contributed by atoms with Crippen LogP contribution in [-0.4, -0.2) is 18.7 Å². The van der Waals surface area contributed by atoms with Crippen LogP contribution in [-0.2, 0) is 0 Å². The van der Waals surface area contributed by atoms with Crippen molar-refractivity contribution in [3.8, 4) is 5.75 Å². The van der Waals surface area contributed by atoms with E-state index in [9.17, 15) is 8.78 Å². The average molecular weight is 283 g/mol. The summed E-state index contributed by atoms with van der Waals surface area (Å²) in [7, 11) is 0. The molecule has 0 aromatic heterocycles. The van der Waals surface area contributed by atoms with E-state index >= 15 is 0 Å². The predicted molar refractivity (Wildman–Crippen MR) is 75.9 cm³/mol. The smallest absolute Gasteiger partial charge is 0.165 e. The number of rotatable bonds is 6. The van der Waals surface area contributed by atoms with Crippen LogP contribution >= 0.6 is 0 Å². The van der Waals surface area contributed by atoms with Crippen molar-refractivity contribution in [2.75, 3.05) is 6.54 Å².